The van der Waals surface area contributed by atoms with E-state index in [1.807, 2.05) is 55.5 Å². The van der Waals surface area contributed by atoms with Gasteiger partial charge in [0.25, 0.3) is 5.91 Å². The van der Waals surface area contributed by atoms with Gasteiger partial charge in [0.05, 0.1) is 12.4 Å². The first kappa shape index (κ1) is 24.1. The summed E-state index contributed by atoms with van der Waals surface area (Å²) in [4.78, 5) is 28.6. The Kier molecular flexibility index (Phi) is 6.29. The minimum atomic E-state index is -0.146. The minimum Gasteiger partial charge on any atom is -0.362 e. The number of hydrogen-bond acceptors (Lipinski definition) is 5. The zero-order valence-electron chi connectivity index (χ0n) is 21.1. The van der Waals surface area contributed by atoms with Gasteiger partial charge in [-0.3, -0.25) is 4.79 Å². The van der Waals surface area contributed by atoms with Crippen LogP contribution in [0.15, 0.2) is 73.3 Å². The van der Waals surface area contributed by atoms with Crippen LogP contribution in [0.5, 0.6) is 0 Å². The molecule has 38 heavy (non-hydrogen) atoms. The molecule has 8 heteroatoms. The Morgan fingerprint density at radius 2 is 1.74 bits per heavy atom. The zero-order chi connectivity index (χ0) is 26.2. The van der Waals surface area contributed by atoms with Crippen molar-refractivity contribution in [3.63, 3.8) is 0 Å². The van der Waals surface area contributed by atoms with Gasteiger partial charge in [0.2, 0.25) is 0 Å². The van der Waals surface area contributed by atoms with Gasteiger partial charge in [-0.2, -0.15) is 0 Å². The van der Waals surface area contributed by atoms with Gasteiger partial charge in [0.1, 0.15) is 11.8 Å². The fraction of sp³-hybridized carbons (Fsp3) is 0.200. The molecule has 1 saturated carbocycles. The quantitative estimate of drug-likeness (QED) is 0.221. The van der Waals surface area contributed by atoms with Crippen molar-refractivity contribution in [3.8, 4) is 22.3 Å². The lowest BCUT2D eigenvalue weighted by Crippen LogP contribution is -2.25. The van der Waals surface area contributed by atoms with Crippen molar-refractivity contribution >= 4 is 34.5 Å². The zero-order valence-corrected chi connectivity index (χ0v) is 21.9. The largest absolute Gasteiger partial charge is 0.362 e. The van der Waals surface area contributed by atoms with Crippen LogP contribution in [0.2, 0.25) is 5.02 Å². The van der Waals surface area contributed by atoms with Crippen LogP contribution in [-0.2, 0) is 0 Å². The van der Waals surface area contributed by atoms with E-state index in [2.05, 4.69) is 49.6 Å². The Balaban J connectivity index is 1.46. The van der Waals surface area contributed by atoms with E-state index in [0.717, 1.165) is 51.7 Å². The molecule has 5 aromatic rings. The molecule has 1 aliphatic rings. The van der Waals surface area contributed by atoms with Crippen LogP contribution in [0.4, 0.5) is 5.82 Å². The Labute approximate surface area is 225 Å². The number of halogens is 1. The van der Waals surface area contributed by atoms with E-state index >= 15 is 0 Å². The number of H-pyrrole nitrogens is 1. The lowest BCUT2D eigenvalue weighted by Gasteiger charge is -2.24. The highest BCUT2D eigenvalue weighted by Crippen LogP contribution is 2.43. The second-order valence-corrected chi connectivity index (χ2v) is 10.1. The summed E-state index contributed by atoms with van der Waals surface area (Å²) in [6.45, 7) is 4.13. The molecule has 3 N–H and O–H groups in total. The molecule has 1 atom stereocenters. The average Bonchev–Trinajstić information content (AvgIpc) is 3.62. The number of anilines is 1. The van der Waals surface area contributed by atoms with Crippen LogP contribution >= 0.6 is 11.6 Å². The second-order valence-electron chi connectivity index (χ2n) is 9.70. The fourth-order valence-corrected chi connectivity index (χ4v) is 5.04. The van der Waals surface area contributed by atoms with Crippen LogP contribution in [0.3, 0.4) is 0 Å². The van der Waals surface area contributed by atoms with Gasteiger partial charge >= 0.3 is 0 Å². The third-order valence-electron chi connectivity index (χ3n) is 7.01. The van der Waals surface area contributed by atoms with Crippen LogP contribution in [0.1, 0.15) is 47.3 Å². The third-order valence-corrected chi connectivity index (χ3v) is 7.40. The van der Waals surface area contributed by atoms with Gasteiger partial charge in [0, 0.05) is 16.6 Å². The number of aromatic amines is 1. The summed E-state index contributed by atoms with van der Waals surface area (Å²) in [5, 5.41) is 7.27. The molecule has 1 unspecified atom stereocenters. The molecule has 7 nitrogen and oxygen atoms in total. The van der Waals surface area contributed by atoms with E-state index < -0.39 is 0 Å². The van der Waals surface area contributed by atoms with Gasteiger partial charge in [0.15, 0.2) is 11.5 Å². The SMILES string of the molecule is Cc1c(Cl)cc(C(C)Nc2ncnc3nc[nH]c23)c(-c2ccccc2)c1-c1ccc(C(=O)NC2CC2)cc1. The predicted molar refractivity (Wildman–Crippen MR) is 151 cm³/mol. The maximum atomic E-state index is 12.6. The number of rotatable bonds is 7. The fourth-order valence-electron chi connectivity index (χ4n) is 4.83. The topological polar surface area (TPSA) is 95.6 Å². The highest BCUT2D eigenvalue weighted by molar-refractivity contribution is 6.32. The van der Waals surface area contributed by atoms with Crippen molar-refractivity contribution in [1.82, 2.24) is 25.3 Å². The lowest BCUT2D eigenvalue weighted by atomic mass is 9.85. The van der Waals surface area contributed by atoms with Crippen molar-refractivity contribution < 1.29 is 4.79 Å². The summed E-state index contributed by atoms with van der Waals surface area (Å²) in [7, 11) is 0. The van der Waals surface area contributed by atoms with Gasteiger partial charge < -0.3 is 15.6 Å². The summed E-state index contributed by atoms with van der Waals surface area (Å²) in [5.41, 5.74) is 8.22. The average molecular weight is 523 g/mol. The van der Waals surface area contributed by atoms with Crippen LogP contribution in [0.25, 0.3) is 33.4 Å². The molecule has 1 amide bonds. The molecule has 0 saturated heterocycles. The van der Waals surface area contributed by atoms with Gasteiger partial charge in [-0.1, -0.05) is 54.1 Å². The van der Waals surface area contributed by atoms with Crippen molar-refractivity contribution in [2.24, 2.45) is 0 Å². The Morgan fingerprint density at radius 1 is 1.00 bits per heavy atom. The van der Waals surface area contributed by atoms with Crippen LogP contribution in [0, 0.1) is 6.92 Å². The number of benzene rings is 3. The van der Waals surface area contributed by atoms with Crippen LogP contribution < -0.4 is 10.6 Å². The van der Waals surface area contributed by atoms with Crippen molar-refractivity contribution in [2.75, 3.05) is 5.32 Å². The van der Waals surface area contributed by atoms with E-state index in [9.17, 15) is 4.79 Å². The van der Waals surface area contributed by atoms with E-state index in [0.29, 0.717) is 28.1 Å². The van der Waals surface area contributed by atoms with E-state index in [1.165, 1.54) is 6.33 Å². The molecule has 1 fully saturated rings. The molecular formula is C30H27ClN6O. The number of fused-ring (bicyclic) bond motifs is 1. The number of amides is 1. The van der Waals surface area contributed by atoms with E-state index in [-0.39, 0.29) is 11.9 Å². The summed E-state index contributed by atoms with van der Waals surface area (Å²) < 4.78 is 0. The van der Waals surface area contributed by atoms with Crippen molar-refractivity contribution in [1.29, 1.82) is 0 Å². The highest BCUT2D eigenvalue weighted by atomic mass is 35.5. The van der Waals surface area contributed by atoms with Crippen molar-refractivity contribution in [2.45, 2.75) is 38.8 Å². The minimum absolute atomic E-state index is 0.0290. The number of nitrogens with one attached hydrogen (secondary N) is 3. The first-order valence-electron chi connectivity index (χ1n) is 12.7. The van der Waals surface area contributed by atoms with Crippen molar-refractivity contribution in [3.05, 3.63) is 95.0 Å². The molecule has 0 spiro atoms. The molecule has 6 rings (SSSR count). The number of aromatic nitrogens is 4. The highest BCUT2D eigenvalue weighted by Gasteiger charge is 2.25. The molecule has 190 valence electrons. The number of carbonyl (C=O) groups excluding carboxylic acids is 1. The summed E-state index contributed by atoms with van der Waals surface area (Å²) in [5.74, 6) is 0.641. The van der Waals surface area contributed by atoms with E-state index in [4.69, 9.17) is 11.6 Å². The summed E-state index contributed by atoms with van der Waals surface area (Å²) >= 11 is 6.87. The maximum absolute atomic E-state index is 12.6. The maximum Gasteiger partial charge on any atom is 0.251 e. The molecule has 2 aromatic heterocycles. The molecule has 0 radical (unpaired) electrons. The molecular weight excluding hydrogens is 496 g/mol. The molecule has 0 aliphatic heterocycles. The Hall–Kier alpha value is -4.23. The second kappa shape index (κ2) is 9.91. The molecule has 3 aromatic carbocycles. The van der Waals surface area contributed by atoms with Gasteiger partial charge in [-0.25, -0.2) is 15.0 Å². The molecule has 0 bridgehead atoms. The van der Waals surface area contributed by atoms with Crippen LogP contribution in [-0.4, -0.2) is 31.9 Å². The van der Waals surface area contributed by atoms with Gasteiger partial charge in [-0.05, 0) is 78.3 Å². The standard InChI is InChI=1S/C30H27ClN6O/c1-17-24(31)14-23(18(2)36-29-27-28(33-15-32-27)34-16-35-29)26(19-6-4-3-5-7-19)25(17)20-8-10-21(11-9-20)30(38)37-22-12-13-22/h3-11,14-16,18,22H,12-13H2,1-2H3,(H,37,38)(H2,32,33,34,35,36). The smallest absolute Gasteiger partial charge is 0.251 e. The number of nitrogens with zero attached hydrogens (tertiary/aromatic N) is 3. The molecule has 2 heterocycles. The van der Waals surface area contributed by atoms with E-state index in [1.54, 1.807) is 6.33 Å². The Bertz CT molecular complexity index is 1630. The van der Waals surface area contributed by atoms with Gasteiger partial charge in [-0.15, -0.1) is 0 Å². The predicted octanol–water partition coefficient (Wildman–Crippen LogP) is 6.71. The molecule has 1 aliphatic carbocycles. The summed E-state index contributed by atoms with van der Waals surface area (Å²) in [6, 6.07) is 20.3. The lowest BCUT2D eigenvalue weighted by molar-refractivity contribution is 0.0951. The Morgan fingerprint density at radius 3 is 2.47 bits per heavy atom. The summed E-state index contributed by atoms with van der Waals surface area (Å²) in [6.07, 6.45) is 5.23. The number of imidazole rings is 1. The first-order chi connectivity index (χ1) is 18.5. The number of hydrogen-bond donors (Lipinski definition) is 3. The number of carbonyl (C=O) groups is 1. The first-order valence-corrected chi connectivity index (χ1v) is 13.1. The third kappa shape index (κ3) is 4.61. The monoisotopic (exact) mass is 522 g/mol. The normalized spacial score (nSPS) is 13.9.